The summed E-state index contributed by atoms with van der Waals surface area (Å²) in [5.74, 6) is -0.467. The van der Waals surface area contributed by atoms with E-state index in [9.17, 15) is 14.4 Å². The Bertz CT molecular complexity index is 281. The molecule has 0 saturated carbocycles. The third-order valence-electron chi connectivity index (χ3n) is 1.06. The molecule has 0 atom stereocenters. The summed E-state index contributed by atoms with van der Waals surface area (Å²) in [4.78, 5) is 34.2. The largest absolute Gasteiger partial charge is 0.460 e. The molecule has 6 heteroatoms. The Morgan fingerprint density at radius 1 is 1.56 bits per heavy atom. The summed E-state index contributed by atoms with van der Waals surface area (Å²) in [5.41, 5.74) is 0.333. The van der Waals surface area contributed by atoms with Crippen LogP contribution in [-0.4, -0.2) is 50.6 Å². The van der Waals surface area contributed by atoms with Crippen molar-refractivity contribution in [1.82, 2.24) is 4.90 Å². The summed E-state index contributed by atoms with van der Waals surface area (Å²) in [5, 5.41) is 0. The van der Waals surface area contributed by atoms with Gasteiger partial charge in [-0.3, -0.25) is 4.79 Å². The van der Waals surface area contributed by atoms with E-state index in [0.717, 1.165) is 6.41 Å². The minimum absolute atomic E-state index is 0.0981. The maximum atomic E-state index is 10.6. The minimum Gasteiger partial charge on any atom is -0.460 e. The maximum absolute atomic E-state index is 10.6. The van der Waals surface area contributed by atoms with Gasteiger partial charge in [0.05, 0.1) is 6.54 Å². The molecular weight excluding hydrogens is 212 g/mol. The average Bonchev–Trinajstić information content (AvgIpc) is 2.24. The van der Waals surface area contributed by atoms with Crippen LogP contribution in [0.3, 0.4) is 0 Å². The van der Waals surface area contributed by atoms with Crippen molar-refractivity contribution < 1.29 is 19.1 Å². The Hall–Kier alpha value is -1.94. The van der Waals surface area contributed by atoms with Crippen LogP contribution in [0.25, 0.3) is 0 Å². The number of rotatable bonds is 5. The van der Waals surface area contributed by atoms with Crippen LogP contribution in [0, 0.1) is 0 Å². The highest BCUT2D eigenvalue weighted by Gasteiger charge is 2.00. The number of aliphatic imine (C=N–C) groups is 1. The van der Waals surface area contributed by atoms with Crippen LogP contribution in [0.4, 0.5) is 0 Å². The molecule has 16 heavy (non-hydrogen) atoms. The van der Waals surface area contributed by atoms with Gasteiger partial charge >= 0.3 is 5.97 Å². The van der Waals surface area contributed by atoms with Crippen LogP contribution < -0.4 is 0 Å². The summed E-state index contributed by atoms with van der Waals surface area (Å²) in [6.07, 6.45) is 2.08. The van der Waals surface area contributed by atoms with E-state index in [0.29, 0.717) is 5.57 Å². The second-order valence-electron chi connectivity index (χ2n) is 2.96. The standard InChI is InChI=1S/C7H9NO3.C3H7NO/c1-6(2)7(10)11-4-3-8-5-9;1-4(2)3-5/h1,3-4H2,2H3;3H,1-2H3. The van der Waals surface area contributed by atoms with Gasteiger partial charge in [0.1, 0.15) is 6.61 Å². The van der Waals surface area contributed by atoms with Crippen LogP contribution in [0.2, 0.25) is 0 Å². The first-order valence-electron chi connectivity index (χ1n) is 4.43. The summed E-state index contributed by atoms with van der Waals surface area (Å²) in [6.45, 7) is 5.17. The summed E-state index contributed by atoms with van der Waals surface area (Å²) in [6, 6.07) is 0. The van der Waals surface area contributed by atoms with E-state index in [2.05, 4.69) is 16.3 Å². The zero-order valence-electron chi connectivity index (χ0n) is 9.73. The van der Waals surface area contributed by atoms with E-state index in [-0.39, 0.29) is 13.2 Å². The number of ether oxygens (including phenoxy) is 1. The monoisotopic (exact) mass is 228 g/mol. The summed E-state index contributed by atoms with van der Waals surface area (Å²) >= 11 is 0. The van der Waals surface area contributed by atoms with Crippen molar-refractivity contribution in [2.75, 3.05) is 27.2 Å². The zero-order chi connectivity index (χ0) is 13.0. The van der Waals surface area contributed by atoms with Gasteiger partial charge in [-0.2, -0.15) is 0 Å². The van der Waals surface area contributed by atoms with Gasteiger partial charge in [-0.15, -0.1) is 0 Å². The van der Waals surface area contributed by atoms with Crippen LogP contribution in [0.5, 0.6) is 0 Å². The van der Waals surface area contributed by atoms with Crippen LogP contribution >= 0.6 is 0 Å². The van der Waals surface area contributed by atoms with E-state index in [1.807, 2.05) is 0 Å². The average molecular weight is 228 g/mol. The maximum Gasteiger partial charge on any atom is 0.333 e. The lowest BCUT2D eigenvalue weighted by atomic mass is 10.4. The molecule has 0 aromatic heterocycles. The second-order valence-corrected chi connectivity index (χ2v) is 2.96. The second kappa shape index (κ2) is 11.1. The molecule has 0 aliphatic rings. The first-order valence-corrected chi connectivity index (χ1v) is 4.43. The van der Waals surface area contributed by atoms with E-state index in [1.54, 1.807) is 21.0 Å². The quantitative estimate of drug-likeness (QED) is 0.167. The lowest BCUT2D eigenvalue weighted by Crippen LogP contribution is -2.07. The fourth-order valence-corrected chi connectivity index (χ4v) is 0.353. The molecule has 0 unspecified atom stereocenters. The molecule has 6 nitrogen and oxygen atoms in total. The Kier molecular flexibility index (Phi) is 11.5. The molecule has 90 valence electrons. The highest BCUT2D eigenvalue weighted by Crippen LogP contribution is 1.90. The zero-order valence-corrected chi connectivity index (χ0v) is 9.73. The van der Waals surface area contributed by atoms with Crippen LogP contribution in [0.15, 0.2) is 17.1 Å². The van der Waals surface area contributed by atoms with Gasteiger partial charge in [0.15, 0.2) is 0 Å². The highest BCUT2D eigenvalue weighted by molar-refractivity contribution is 5.86. The molecule has 0 radical (unpaired) electrons. The number of esters is 1. The molecule has 0 rings (SSSR count). The number of amides is 1. The summed E-state index contributed by atoms with van der Waals surface area (Å²) in [7, 11) is 3.38. The smallest absolute Gasteiger partial charge is 0.333 e. The molecule has 0 spiro atoms. The number of carbonyl (C=O) groups is 2. The lowest BCUT2D eigenvalue weighted by Gasteiger charge is -1.99. The van der Waals surface area contributed by atoms with Gasteiger partial charge < -0.3 is 9.64 Å². The predicted octanol–water partition coefficient (Wildman–Crippen LogP) is 0.146. The number of nitrogens with zero attached hydrogens (tertiary/aromatic N) is 2. The van der Waals surface area contributed by atoms with E-state index >= 15 is 0 Å². The van der Waals surface area contributed by atoms with Gasteiger partial charge in [0.25, 0.3) is 0 Å². The molecule has 0 saturated heterocycles. The van der Waals surface area contributed by atoms with Gasteiger partial charge in [-0.25, -0.2) is 14.6 Å². The molecule has 0 heterocycles. The third kappa shape index (κ3) is 14.6. The lowest BCUT2D eigenvalue weighted by molar-refractivity contribution is -0.138. The molecule has 0 aliphatic heterocycles. The molecule has 0 aliphatic carbocycles. The van der Waals surface area contributed by atoms with Crippen molar-refractivity contribution in [1.29, 1.82) is 0 Å². The van der Waals surface area contributed by atoms with Gasteiger partial charge in [-0.05, 0) is 6.92 Å². The van der Waals surface area contributed by atoms with Crippen molar-refractivity contribution in [3.8, 4) is 0 Å². The Balaban J connectivity index is 0. The van der Waals surface area contributed by atoms with Crippen LogP contribution in [-0.2, 0) is 19.1 Å². The number of hydrogen-bond donors (Lipinski definition) is 0. The Morgan fingerprint density at radius 2 is 2.06 bits per heavy atom. The predicted molar refractivity (Wildman–Crippen MR) is 58.5 cm³/mol. The Morgan fingerprint density at radius 3 is 2.38 bits per heavy atom. The molecule has 1 amide bonds. The number of isocyanates is 1. The fourth-order valence-electron chi connectivity index (χ4n) is 0.353. The van der Waals surface area contributed by atoms with Crippen molar-refractivity contribution >= 4 is 18.5 Å². The summed E-state index contributed by atoms with van der Waals surface area (Å²) < 4.78 is 4.59. The molecular formula is C10H16N2O4. The normalized spacial score (nSPS) is 7.69. The van der Waals surface area contributed by atoms with Crippen LogP contribution in [0.1, 0.15) is 6.92 Å². The Labute approximate surface area is 94.6 Å². The topological polar surface area (TPSA) is 76.0 Å². The van der Waals surface area contributed by atoms with Gasteiger partial charge in [0.2, 0.25) is 12.5 Å². The first-order chi connectivity index (χ1) is 7.45. The fraction of sp³-hybridized carbons (Fsp3) is 0.500. The first kappa shape index (κ1) is 16.5. The minimum atomic E-state index is -0.467. The molecule has 0 aromatic carbocycles. The highest BCUT2D eigenvalue weighted by atomic mass is 16.5. The van der Waals surface area contributed by atoms with Crippen molar-refractivity contribution in [3.05, 3.63) is 12.2 Å². The SMILES string of the molecule is C=C(C)C(=O)OCCN=C=O.CN(C)C=O. The van der Waals surface area contributed by atoms with Crippen molar-refractivity contribution in [2.24, 2.45) is 4.99 Å². The number of carbonyl (C=O) groups excluding carboxylic acids is 3. The van der Waals surface area contributed by atoms with E-state index in [4.69, 9.17) is 0 Å². The van der Waals surface area contributed by atoms with Crippen molar-refractivity contribution in [3.63, 3.8) is 0 Å². The van der Waals surface area contributed by atoms with Gasteiger partial charge in [0, 0.05) is 19.7 Å². The van der Waals surface area contributed by atoms with E-state index in [1.165, 1.54) is 11.0 Å². The number of hydrogen-bond acceptors (Lipinski definition) is 5. The molecule has 0 fully saturated rings. The molecule has 0 bridgehead atoms. The molecule has 0 N–H and O–H groups in total. The van der Waals surface area contributed by atoms with Crippen molar-refractivity contribution in [2.45, 2.75) is 6.92 Å². The van der Waals surface area contributed by atoms with E-state index < -0.39 is 5.97 Å². The van der Waals surface area contributed by atoms with Gasteiger partial charge in [-0.1, -0.05) is 6.58 Å². The third-order valence-corrected chi connectivity index (χ3v) is 1.06. The molecule has 0 aromatic rings.